The van der Waals surface area contributed by atoms with Crippen molar-refractivity contribution >= 4 is 0 Å². The first-order valence-corrected chi connectivity index (χ1v) is 6.34. The minimum Gasteiger partial charge on any atom is -0.332 e. The molecular formula is C13H21N3. The molecule has 16 heavy (non-hydrogen) atoms. The van der Waals surface area contributed by atoms with Crippen molar-refractivity contribution in [3.8, 4) is 0 Å². The average molecular weight is 219 g/mol. The molecule has 0 radical (unpaired) electrons. The van der Waals surface area contributed by atoms with Gasteiger partial charge in [0.15, 0.2) is 0 Å². The number of hydrogen-bond donors (Lipinski definition) is 0. The van der Waals surface area contributed by atoms with E-state index in [1.54, 1.807) is 0 Å². The Balaban J connectivity index is 1.84. The van der Waals surface area contributed by atoms with Crippen molar-refractivity contribution in [2.45, 2.75) is 58.2 Å². The van der Waals surface area contributed by atoms with E-state index in [2.05, 4.69) is 36.4 Å². The van der Waals surface area contributed by atoms with Gasteiger partial charge in [0, 0.05) is 30.7 Å². The van der Waals surface area contributed by atoms with Gasteiger partial charge in [-0.15, -0.1) is 0 Å². The van der Waals surface area contributed by atoms with Crippen molar-refractivity contribution in [3.63, 3.8) is 0 Å². The van der Waals surface area contributed by atoms with Crippen LogP contribution in [0.2, 0.25) is 0 Å². The van der Waals surface area contributed by atoms with Gasteiger partial charge in [-0.3, -0.25) is 4.90 Å². The minimum atomic E-state index is 0.175. The maximum atomic E-state index is 4.80. The Morgan fingerprint density at radius 3 is 2.62 bits per heavy atom. The summed E-state index contributed by atoms with van der Waals surface area (Å²) < 4.78 is 2.35. The van der Waals surface area contributed by atoms with Gasteiger partial charge in [0.2, 0.25) is 0 Å². The third-order valence-corrected chi connectivity index (χ3v) is 3.66. The van der Waals surface area contributed by atoms with E-state index >= 15 is 0 Å². The second-order valence-corrected chi connectivity index (χ2v) is 6.19. The first-order valence-electron chi connectivity index (χ1n) is 6.34. The maximum absolute atomic E-state index is 4.80. The molecule has 3 heteroatoms. The van der Waals surface area contributed by atoms with Gasteiger partial charge in [-0.1, -0.05) is 20.8 Å². The van der Waals surface area contributed by atoms with Crippen molar-refractivity contribution < 1.29 is 0 Å². The molecular weight excluding hydrogens is 198 g/mol. The van der Waals surface area contributed by atoms with Crippen LogP contribution in [0.3, 0.4) is 0 Å². The van der Waals surface area contributed by atoms with Gasteiger partial charge >= 0.3 is 0 Å². The molecule has 1 aliphatic heterocycles. The van der Waals surface area contributed by atoms with Crippen molar-refractivity contribution in [3.05, 3.63) is 17.7 Å². The summed E-state index contributed by atoms with van der Waals surface area (Å²) in [6, 6.07) is 0.864. The van der Waals surface area contributed by atoms with Crippen LogP contribution in [0.15, 0.2) is 6.20 Å². The second kappa shape index (κ2) is 3.33. The largest absolute Gasteiger partial charge is 0.332 e. The van der Waals surface area contributed by atoms with Crippen LogP contribution < -0.4 is 0 Å². The van der Waals surface area contributed by atoms with Crippen LogP contribution in [0, 0.1) is 0 Å². The number of aromatic nitrogens is 2. The third kappa shape index (κ3) is 1.77. The van der Waals surface area contributed by atoms with Gasteiger partial charge in [-0.25, -0.2) is 4.98 Å². The van der Waals surface area contributed by atoms with E-state index in [0.717, 1.165) is 19.1 Å². The molecule has 0 N–H and O–H groups in total. The van der Waals surface area contributed by atoms with E-state index in [0.29, 0.717) is 0 Å². The van der Waals surface area contributed by atoms with Gasteiger partial charge in [0.1, 0.15) is 5.82 Å². The number of fused-ring (bicyclic) bond motifs is 1. The molecule has 2 aliphatic rings. The zero-order valence-electron chi connectivity index (χ0n) is 10.5. The molecule has 0 bridgehead atoms. The molecule has 2 heterocycles. The number of rotatable bonds is 1. The van der Waals surface area contributed by atoms with Crippen LogP contribution in [0.1, 0.15) is 45.1 Å². The highest BCUT2D eigenvalue weighted by Gasteiger charge is 2.32. The summed E-state index contributed by atoms with van der Waals surface area (Å²) in [4.78, 5) is 7.40. The Labute approximate surface area is 97.5 Å². The molecule has 1 fully saturated rings. The molecule has 0 saturated heterocycles. The highest BCUT2D eigenvalue weighted by Crippen LogP contribution is 2.30. The number of imidazole rings is 1. The Kier molecular flexibility index (Phi) is 2.15. The molecule has 88 valence electrons. The quantitative estimate of drug-likeness (QED) is 0.721. The van der Waals surface area contributed by atoms with Crippen molar-refractivity contribution in [2.24, 2.45) is 0 Å². The SMILES string of the molecule is CC(C)(C)c1cn2c(n1)CN(C1CC1)CC2. The fraction of sp³-hybridized carbons (Fsp3) is 0.769. The molecule has 0 amide bonds. The van der Waals surface area contributed by atoms with E-state index in [1.807, 2.05) is 0 Å². The van der Waals surface area contributed by atoms with Crippen molar-refractivity contribution in [1.29, 1.82) is 0 Å². The first-order chi connectivity index (χ1) is 7.54. The van der Waals surface area contributed by atoms with E-state index in [1.165, 1.54) is 30.9 Å². The Morgan fingerprint density at radius 2 is 2.00 bits per heavy atom. The summed E-state index contributed by atoms with van der Waals surface area (Å²) >= 11 is 0. The highest BCUT2D eigenvalue weighted by molar-refractivity contribution is 5.14. The van der Waals surface area contributed by atoms with E-state index in [-0.39, 0.29) is 5.41 Å². The lowest BCUT2D eigenvalue weighted by atomic mass is 9.93. The molecule has 0 atom stereocenters. The molecule has 0 unspecified atom stereocenters. The summed E-state index contributed by atoms with van der Waals surface area (Å²) in [7, 11) is 0. The number of nitrogens with zero attached hydrogens (tertiary/aromatic N) is 3. The lowest BCUT2D eigenvalue weighted by molar-refractivity contribution is 0.207. The zero-order chi connectivity index (χ0) is 11.3. The average Bonchev–Trinajstić information content (AvgIpc) is 2.95. The molecule has 3 rings (SSSR count). The van der Waals surface area contributed by atoms with Crippen molar-refractivity contribution in [1.82, 2.24) is 14.5 Å². The summed E-state index contributed by atoms with van der Waals surface area (Å²) in [6.45, 7) is 10.1. The highest BCUT2D eigenvalue weighted by atomic mass is 15.3. The predicted molar refractivity (Wildman–Crippen MR) is 64.4 cm³/mol. The Bertz CT molecular complexity index is 396. The Hall–Kier alpha value is -0.830. The number of hydrogen-bond acceptors (Lipinski definition) is 2. The molecule has 1 saturated carbocycles. The van der Waals surface area contributed by atoms with E-state index < -0.39 is 0 Å². The van der Waals surface area contributed by atoms with Gasteiger partial charge in [-0.2, -0.15) is 0 Å². The van der Waals surface area contributed by atoms with E-state index in [9.17, 15) is 0 Å². The van der Waals surface area contributed by atoms with Crippen LogP contribution >= 0.6 is 0 Å². The summed E-state index contributed by atoms with van der Waals surface area (Å²) in [5.41, 5.74) is 1.41. The lowest BCUT2D eigenvalue weighted by Crippen LogP contribution is -2.35. The van der Waals surface area contributed by atoms with Crippen LogP contribution in [-0.2, 0) is 18.5 Å². The first kappa shape index (κ1) is 10.3. The van der Waals surface area contributed by atoms with Gasteiger partial charge in [0.25, 0.3) is 0 Å². The maximum Gasteiger partial charge on any atom is 0.123 e. The smallest absolute Gasteiger partial charge is 0.123 e. The molecule has 0 spiro atoms. The lowest BCUT2D eigenvalue weighted by Gasteiger charge is -2.27. The van der Waals surface area contributed by atoms with Crippen LogP contribution in [-0.4, -0.2) is 27.0 Å². The van der Waals surface area contributed by atoms with E-state index in [4.69, 9.17) is 4.98 Å². The normalized spacial score (nSPS) is 22.2. The topological polar surface area (TPSA) is 21.1 Å². The minimum absolute atomic E-state index is 0.175. The standard InChI is InChI=1S/C13H21N3/c1-13(2,3)11-8-16-7-6-15(10-4-5-10)9-12(16)14-11/h8,10H,4-7,9H2,1-3H3. The molecule has 3 nitrogen and oxygen atoms in total. The Morgan fingerprint density at radius 1 is 1.25 bits per heavy atom. The van der Waals surface area contributed by atoms with Crippen LogP contribution in [0.25, 0.3) is 0 Å². The van der Waals surface area contributed by atoms with Crippen LogP contribution in [0.4, 0.5) is 0 Å². The molecule has 1 aliphatic carbocycles. The summed E-state index contributed by atoms with van der Waals surface area (Å²) in [6.07, 6.45) is 5.04. The fourth-order valence-corrected chi connectivity index (χ4v) is 2.38. The van der Waals surface area contributed by atoms with Gasteiger partial charge < -0.3 is 4.57 Å². The summed E-state index contributed by atoms with van der Waals surface area (Å²) in [5, 5.41) is 0. The van der Waals surface area contributed by atoms with Crippen LogP contribution in [0.5, 0.6) is 0 Å². The summed E-state index contributed by atoms with van der Waals surface area (Å²) in [5.74, 6) is 1.27. The predicted octanol–water partition coefficient (Wildman–Crippen LogP) is 2.16. The molecule has 1 aromatic heterocycles. The van der Waals surface area contributed by atoms with Gasteiger partial charge in [0.05, 0.1) is 12.2 Å². The van der Waals surface area contributed by atoms with Gasteiger partial charge in [-0.05, 0) is 12.8 Å². The zero-order valence-corrected chi connectivity index (χ0v) is 10.5. The fourth-order valence-electron chi connectivity index (χ4n) is 2.38. The monoisotopic (exact) mass is 219 g/mol. The van der Waals surface area contributed by atoms with Crippen molar-refractivity contribution in [2.75, 3.05) is 6.54 Å². The third-order valence-electron chi connectivity index (χ3n) is 3.66. The molecule has 1 aromatic rings. The second-order valence-electron chi connectivity index (χ2n) is 6.19. The molecule has 0 aromatic carbocycles.